The summed E-state index contributed by atoms with van der Waals surface area (Å²) in [6.45, 7) is 4.51. The molecule has 2 rings (SSSR count). The van der Waals surface area contributed by atoms with Gasteiger partial charge in [0.05, 0.1) is 0 Å². The summed E-state index contributed by atoms with van der Waals surface area (Å²) in [6, 6.07) is 9.21. The van der Waals surface area contributed by atoms with Crippen molar-refractivity contribution in [2.24, 2.45) is 0 Å². The lowest BCUT2D eigenvalue weighted by molar-refractivity contribution is -0.00000399. The molecule has 1 aliphatic rings. The van der Waals surface area contributed by atoms with E-state index < -0.39 is 0 Å². The van der Waals surface area contributed by atoms with Gasteiger partial charge in [-0.2, -0.15) is 0 Å². The van der Waals surface area contributed by atoms with Crippen molar-refractivity contribution in [3.05, 3.63) is 35.4 Å². The monoisotopic (exact) mass is 288 g/mol. The van der Waals surface area contributed by atoms with Gasteiger partial charge in [0.1, 0.15) is 16.8 Å². The quantitative estimate of drug-likeness (QED) is 0.748. The van der Waals surface area contributed by atoms with E-state index in [1.165, 1.54) is 36.3 Å². The minimum Gasteiger partial charge on any atom is -1.00 e. The zero-order valence-electron chi connectivity index (χ0n) is 10.2. The molecular formula is C16H29ClS. The lowest BCUT2D eigenvalue weighted by atomic mass is 10.1. The molecule has 0 amide bonds. The molecule has 0 saturated carbocycles. The number of hydrogen-bond donors (Lipinski definition) is 0. The second-order valence-corrected chi connectivity index (χ2v) is 6.92. The van der Waals surface area contributed by atoms with Crippen molar-refractivity contribution in [1.29, 1.82) is 0 Å². The van der Waals surface area contributed by atoms with Crippen molar-refractivity contribution >= 4 is 10.9 Å². The minimum atomic E-state index is 0. The van der Waals surface area contributed by atoms with Crippen LogP contribution in [0, 0.1) is 6.92 Å². The largest absolute Gasteiger partial charge is 1.00 e. The van der Waals surface area contributed by atoms with Crippen LogP contribution in [0.15, 0.2) is 24.3 Å². The van der Waals surface area contributed by atoms with Crippen LogP contribution < -0.4 is 12.4 Å². The Labute approximate surface area is 123 Å². The zero-order chi connectivity index (χ0) is 10.7. The first-order valence-corrected chi connectivity index (χ1v) is 7.66. The molecule has 0 radical (unpaired) electrons. The van der Waals surface area contributed by atoms with Crippen molar-refractivity contribution in [2.75, 3.05) is 11.5 Å². The molecule has 1 aromatic rings. The molecule has 18 heavy (non-hydrogen) atoms. The summed E-state index contributed by atoms with van der Waals surface area (Å²) < 4.78 is 0. The van der Waals surface area contributed by atoms with E-state index in [4.69, 9.17) is 0 Å². The maximum absolute atomic E-state index is 2.34. The first-order valence-electron chi connectivity index (χ1n) is 6.04. The maximum atomic E-state index is 2.34. The fourth-order valence-electron chi connectivity index (χ4n) is 2.41. The van der Waals surface area contributed by atoms with Gasteiger partial charge in [-0.05, 0) is 37.1 Å². The van der Waals surface area contributed by atoms with Crippen molar-refractivity contribution in [3.63, 3.8) is 0 Å². The Kier molecular flexibility index (Phi) is 10.9. The Morgan fingerprint density at radius 1 is 1.06 bits per heavy atom. The predicted octanol–water partition coefficient (Wildman–Crippen LogP) is 2.13. The highest BCUT2D eigenvalue weighted by atomic mass is 35.5. The van der Waals surface area contributed by atoms with Gasteiger partial charge < -0.3 is 12.4 Å². The molecular weight excluding hydrogens is 260 g/mol. The van der Waals surface area contributed by atoms with Crippen LogP contribution in [0.3, 0.4) is 0 Å². The van der Waals surface area contributed by atoms with Gasteiger partial charge in [-0.1, -0.05) is 51.6 Å². The second kappa shape index (κ2) is 9.75. The number of aryl methyl sites for hydroxylation is 1. The summed E-state index contributed by atoms with van der Waals surface area (Å²) >= 11 is 0. The molecule has 2 heteroatoms. The summed E-state index contributed by atoms with van der Waals surface area (Å²) in [5, 5.41) is 0.841. The Hall–Kier alpha value is -0.140. The van der Waals surface area contributed by atoms with Crippen LogP contribution in [-0.2, 0) is 10.9 Å². The first-order chi connectivity index (χ1) is 7.31. The van der Waals surface area contributed by atoms with Gasteiger partial charge >= 0.3 is 0 Å². The van der Waals surface area contributed by atoms with E-state index in [0.29, 0.717) is 10.9 Å². The van der Waals surface area contributed by atoms with Gasteiger partial charge in [0, 0.05) is 5.56 Å². The molecule has 0 bridgehead atoms. The number of rotatable bonds is 3. The Balaban J connectivity index is 0. The van der Waals surface area contributed by atoms with Crippen LogP contribution >= 0.6 is 0 Å². The van der Waals surface area contributed by atoms with Crippen LogP contribution in [0.2, 0.25) is 0 Å². The summed E-state index contributed by atoms with van der Waals surface area (Å²) in [5.74, 6) is 2.96. The average Bonchev–Trinajstić information content (AvgIpc) is 2.75. The molecule has 0 nitrogen and oxygen atoms in total. The molecule has 0 spiro atoms. The summed E-state index contributed by atoms with van der Waals surface area (Å²) in [4.78, 5) is 0. The SMILES string of the molecule is C.C.CCC(c1ccc(C)cc1)[S+]1CCCC1.[Cl-]. The van der Waals surface area contributed by atoms with Crippen LogP contribution in [0.1, 0.15) is 57.4 Å². The van der Waals surface area contributed by atoms with Crippen molar-refractivity contribution < 1.29 is 12.4 Å². The van der Waals surface area contributed by atoms with Gasteiger partial charge in [-0.15, -0.1) is 0 Å². The standard InChI is InChI=1S/C14H21S.2CH4.ClH/c1-3-14(15-10-4-5-11-15)13-8-6-12(2)7-9-13;;;/h6-9,14H,3-5,10-11H2,1-2H3;2*1H4;1H/q+1;;;/p-1. The normalized spacial score (nSPS) is 16.1. The Morgan fingerprint density at radius 2 is 1.56 bits per heavy atom. The molecule has 1 aliphatic heterocycles. The summed E-state index contributed by atoms with van der Waals surface area (Å²) in [5.41, 5.74) is 2.96. The number of hydrogen-bond acceptors (Lipinski definition) is 0. The Bertz CT molecular complexity index is 301. The molecule has 1 fully saturated rings. The molecule has 0 aromatic heterocycles. The molecule has 106 valence electrons. The fraction of sp³-hybridized carbons (Fsp3) is 0.625. The number of benzene rings is 1. The highest BCUT2D eigenvalue weighted by Crippen LogP contribution is 2.33. The van der Waals surface area contributed by atoms with Gasteiger partial charge in [-0.25, -0.2) is 0 Å². The molecule has 1 unspecified atom stereocenters. The average molecular weight is 289 g/mol. The molecule has 1 heterocycles. The van der Waals surface area contributed by atoms with E-state index in [0.717, 1.165) is 5.25 Å². The lowest BCUT2D eigenvalue weighted by Gasteiger charge is -2.14. The molecule has 1 atom stereocenters. The van der Waals surface area contributed by atoms with E-state index in [9.17, 15) is 0 Å². The summed E-state index contributed by atoms with van der Waals surface area (Å²) in [6.07, 6.45) is 4.24. The highest BCUT2D eigenvalue weighted by Gasteiger charge is 2.33. The van der Waals surface area contributed by atoms with E-state index in [2.05, 4.69) is 38.1 Å². The van der Waals surface area contributed by atoms with Crippen molar-refractivity contribution in [1.82, 2.24) is 0 Å². The lowest BCUT2D eigenvalue weighted by Crippen LogP contribution is -3.00. The van der Waals surface area contributed by atoms with Crippen LogP contribution in [-0.4, -0.2) is 11.5 Å². The van der Waals surface area contributed by atoms with Crippen molar-refractivity contribution in [3.8, 4) is 0 Å². The third-order valence-corrected chi connectivity index (χ3v) is 6.32. The van der Waals surface area contributed by atoms with Crippen molar-refractivity contribution in [2.45, 2.75) is 53.2 Å². The van der Waals surface area contributed by atoms with Gasteiger partial charge in [-0.3, -0.25) is 0 Å². The van der Waals surface area contributed by atoms with E-state index >= 15 is 0 Å². The Morgan fingerprint density at radius 3 is 2.00 bits per heavy atom. The fourth-order valence-corrected chi connectivity index (χ4v) is 5.34. The number of halogens is 1. The van der Waals surface area contributed by atoms with Gasteiger partial charge in [0.25, 0.3) is 0 Å². The molecule has 0 aliphatic carbocycles. The third-order valence-electron chi connectivity index (χ3n) is 3.29. The highest BCUT2D eigenvalue weighted by molar-refractivity contribution is 7.97. The van der Waals surface area contributed by atoms with Gasteiger partial charge in [0.2, 0.25) is 0 Å². The topological polar surface area (TPSA) is 0 Å². The van der Waals surface area contributed by atoms with Gasteiger partial charge in [0.15, 0.2) is 0 Å². The third kappa shape index (κ3) is 4.85. The second-order valence-electron chi connectivity index (χ2n) is 4.46. The summed E-state index contributed by atoms with van der Waals surface area (Å²) in [7, 11) is 0.677. The molecule has 0 N–H and O–H groups in total. The smallest absolute Gasteiger partial charge is 0.143 e. The first kappa shape index (κ1) is 20.2. The molecule has 1 saturated heterocycles. The van der Waals surface area contributed by atoms with Crippen LogP contribution in [0.4, 0.5) is 0 Å². The van der Waals surface area contributed by atoms with E-state index in [1.807, 2.05) is 0 Å². The van der Waals surface area contributed by atoms with E-state index in [1.54, 1.807) is 5.56 Å². The predicted molar refractivity (Wildman–Crippen MR) is 84.0 cm³/mol. The zero-order valence-corrected chi connectivity index (χ0v) is 11.8. The minimum absolute atomic E-state index is 0. The van der Waals surface area contributed by atoms with Crippen LogP contribution in [0.25, 0.3) is 0 Å². The van der Waals surface area contributed by atoms with E-state index in [-0.39, 0.29) is 27.3 Å². The maximum Gasteiger partial charge on any atom is 0.143 e. The van der Waals surface area contributed by atoms with Crippen LogP contribution in [0.5, 0.6) is 0 Å². The molecule has 1 aromatic carbocycles.